The van der Waals surface area contributed by atoms with Crippen LogP contribution in [0, 0.1) is 0 Å². The standard InChI is InChI=1S/C10H23NO/c1-3-5-7-10(4-2)11-8-6-9-12/h10-12H,3-9H2,1-2H3. The summed E-state index contributed by atoms with van der Waals surface area (Å²) >= 11 is 0. The monoisotopic (exact) mass is 173 g/mol. The predicted molar refractivity (Wildman–Crippen MR) is 53.3 cm³/mol. The van der Waals surface area contributed by atoms with E-state index in [2.05, 4.69) is 19.2 Å². The Bertz CT molecular complexity index is 85.9. The SMILES string of the molecule is CCCCC(CC)NCCCO. The van der Waals surface area contributed by atoms with Gasteiger partial charge >= 0.3 is 0 Å². The van der Waals surface area contributed by atoms with Gasteiger partial charge in [-0.3, -0.25) is 0 Å². The second-order valence-electron chi connectivity index (χ2n) is 3.28. The molecule has 0 amide bonds. The van der Waals surface area contributed by atoms with Crippen LogP contribution in [-0.4, -0.2) is 24.3 Å². The van der Waals surface area contributed by atoms with Crippen molar-refractivity contribution in [3.05, 3.63) is 0 Å². The molecular formula is C10H23NO. The Kier molecular flexibility index (Phi) is 8.95. The molecule has 0 heterocycles. The van der Waals surface area contributed by atoms with Crippen LogP contribution in [0.1, 0.15) is 46.0 Å². The van der Waals surface area contributed by atoms with Gasteiger partial charge in [-0.2, -0.15) is 0 Å². The van der Waals surface area contributed by atoms with Crippen molar-refractivity contribution in [3.63, 3.8) is 0 Å². The van der Waals surface area contributed by atoms with Crippen molar-refractivity contribution < 1.29 is 5.11 Å². The number of unbranched alkanes of at least 4 members (excludes halogenated alkanes) is 1. The maximum atomic E-state index is 8.59. The minimum absolute atomic E-state index is 0.303. The summed E-state index contributed by atoms with van der Waals surface area (Å²) in [5, 5.41) is 12.0. The van der Waals surface area contributed by atoms with Crippen molar-refractivity contribution in [2.45, 2.75) is 52.0 Å². The fourth-order valence-corrected chi connectivity index (χ4v) is 1.29. The molecule has 0 aromatic heterocycles. The third kappa shape index (κ3) is 6.62. The van der Waals surface area contributed by atoms with Gasteiger partial charge in [0.05, 0.1) is 0 Å². The maximum Gasteiger partial charge on any atom is 0.0443 e. The molecule has 74 valence electrons. The van der Waals surface area contributed by atoms with E-state index in [0.29, 0.717) is 12.6 Å². The van der Waals surface area contributed by atoms with Crippen LogP contribution in [0.25, 0.3) is 0 Å². The van der Waals surface area contributed by atoms with Gasteiger partial charge in [-0.25, -0.2) is 0 Å². The quantitative estimate of drug-likeness (QED) is 0.550. The highest BCUT2D eigenvalue weighted by Crippen LogP contribution is 2.03. The highest BCUT2D eigenvalue weighted by atomic mass is 16.3. The molecule has 0 aliphatic heterocycles. The van der Waals surface area contributed by atoms with Gasteiger partial charge in [-0.1, -0.05) is 26.7 Å². The van der Waals surface area contributed by atoms with Gasteiger partial charge in [0.1, 0.15) is 0 Å². The molecule has 0 bridgehead atoms. The number of rotatable bonds is 8. The van der Waals surface area contributed by atoms with E-state index in [1.807, 2.05) is 0 Å². The van der Waals surface area contributed by atoms with Crippen LogP contribution < -0.4 is 5.32 Å². The number of nitrogens with one attached hydrogen (secondary N) is 1. The van der Waals surface area contributed by atoms with Crippen molar-refractivity contribution in [1.29, 1.82) is 0 Å². The molecule has 0 rings (SSSR count). The maximum absolute atomic E-state index is 8.59. The van der Waals surface area contributed by atoms with Gasteiger partial charge < -0.3 is 10.4 Å². The van der Waals surface area contributed by atoms with Gasteiger partial charge in [0.2, 0.25) is 0 Å². The molecule has 2 N–H and O–H groups in total. The summed E-state index contributed by atoms with van der Waals surface area (Å²) in [7, 11) is 0. The highest BCUT2D eigenvalue weighted by Gasteiger charge is 2.02. The van der Waals surface area contributed by atoms with E-state index in [-0.39, 0.29) is 0 Å². The lowest BCUT2D eigenvalue weighted by Gasteiger charge is -2.15. The number of aliphatic hydroxyl groups excluding tert-OH is 1. The first-order valence-corrected chi connectivity index (χ1v) is 5.19. The molecule has 0 fully saturated rings. The molecule has 2 nitrogen and oxygen atoms in total. The average molecular weight is 173 g/mol. The van der Waals surface area contributed by atoms with E-state index < -0.39 is 0 Å². The summed E-state index contributed by atoms with van der Waals surface area (Å²) in [5.74, 6) is 0. The van der Waals surface area contributed by atoms with Crippen molar-refractivity contribution in [2.75, 3.05) is 13.2 Å². The van der Waals surface area contributed by atoms with E-state index in [0.717, 1.165) is 13.0 Å². The highest BCUT2D eigenvalue weighted by molar-refractivity contribution is 4.63. The van der Waals surface area contributed by atoms with Crippen LogP contribution >= 0.6 is 0 Å². The molecular weight excluding hydrogens is 150 g/mol. The molecule has 0 aliphatic carbocycles. The minimum atomic E-state index is 0.303. The smallest absolute Gasteiger partial charge is 0.0443 e. The number of aliphatic hydroxyl groups is 1. The van der Waals surface area contributed by atoms with Crippen LogP contribution in [0.2, 0.25) is 0 Å². The third-order valence-corrected chi connectivity index (χ3v) is 2.17. The Morgan fingerprint density at radius 2 is 2.00 bits per heavy atom. The van der Waals surface area contributed by atoms with Crippen LogP contribution in [0.4, 0.5) is 0 Å². The summed E-state index contributed by atoms with van der Waals surface area (Å²) in [6.07, 6.45) is 5.94. The first-order valence-electron chi connectivity index (χ1n) is 5.19. The second kappa shape index (κ2) is 9.01. The fraction of sp³-hybridized carbons (Fsp3) is 1.00. The van der Waals surface area contributed by atoms with Gasteiger partial charge in [-0.15, -0.1) is 0 Å². The molecule has 1 unspecified atom stereocenters. The zero-order chi connectivity index (χ0) is 9.23. The molecule has 0 aromatic rings. The van der Waals surface area contributed by atoms with Crippen molar-refractivity contribution in [3.8, 4) is 0 Å². The van der Waals surface area contributed by atoms with Gasteiger partial charge in [0.25, 0.3) is 0 Å². The topological polar surface area (TPSA) is 32.3 Å². The Balaban J connectivity index is 3.26. The Morgan fingerprint density at radius 3 is 2.50 bits per heavy atom. The van der Waals surface area contributed by atoms with Crippen molar-refractivity contribution in [1.82, 2.24) is 5.32 Å². The number of hydrogen-bond donors (Lipinski definition) is 2. The molecule has 0 aliphatic rings. The van der Waals surface area contributed by atoms with Crippen LogP contribution in [0.15, 0.2) is 0 Å². The first kappa shape index (κ1) is 11.9. The molecule has 1 atom stereocenters. The molecule has 0 saturated carbocycles. The largest absolute Gasteiger partial charge is 0.396 e. The summed E-state index contributed by atoms with van der Waals surface area (Å²) in [6.45, 7) is 5.70. The zero-order valence-corrected chi connectivity index (χ0v) is 8.47. The van der Waals surface area contributed by atoms with Gasteiger partial charge in [0, 0.05) is 12.6 Å². The normalized spacial score (nSPS) is 13.2. The van der Waals surface area contributed by atoms with Crippen LogP contribution in [0.3, 0.4) is 0 Å². The zero-order valence-electron chi connectivity index (χ0n) is 8.47. The molecule has 2 heteroatoms. The van der Waals surface area contributed by atoms with E-state index >= 15 is 0 Å². The lowest BCUT2D eigenvalue weighted by atomic mass is 10.1. The van der Waals surface area contributed by atoms with Crippen LogP contribution in [-0.2, 0) is 0 Å². The Labute approximate surface area is 76.4 Å². The summed E-state index contributed by atoms with van der Waals surface area (Å²) in [4.78, 5) is 0. The molecule has 0 saturated heterocycles. The molecule has 0 aromatic carbocycles. The predicted octanol–water partition coefficient (Wildman–Crippen LogP) is 1.93. The van der Waals surface area contributed by atoms with E-state index in [9.17, 15) is 0 Å². The van der Waals surface area contributed by atoms with E-state index in [4.69, 9.17) is 5.11 Å². The second-order valence-corrected chi connectivity index (χ2v) is 3.28. The Hall–Kier alpha value is -0.0800. The minimum Gasteiger partial charge on any atom is -0.396 e. The van der Waals surface area contributed by atoms with E-state index in [1.54, 1.807) is 0 Å². The molecule has 12 heavy (non-hydrogen) atoms. The summed E-state index contributed by atoms with van der Waals surface area (Å²) in [5.41, 5.74) is 0. The van der Waals surface area contributed by atoms with Crippen LogP contribution in [0.5, 0.6) is 0 Å². The average Bonchev–Trinajstić information content (AvgIpc) is 2.11. The van der Waals surface area contributed by atoms with Gasteiger partial charge in [-0.05, 0) is 25.8 Å². The summed E-state index contributed by atoms with van der Waals surface area (Å²) < 4.78 is 0. The lowest BCUT2D eigenvalue weighted by molar-refractivity contribution is 0.281. The lowest BCUT2D eigenvalue weighted by Crippen LogP contribution is -2.29. The van der Waals surface area contributed by atoms with Gasteiger partial charge in [0.15, 0.2) is 0 Å². The fourth-order valence-electron chi connectivity index (χ4n) is 1.29. The third-order valence-electron chi connectivity index (χ3n) is 2.17. The molecule has 0 radical (unpaired) electrons. The molecule has 0 spiro atoms. The first-order chi connectivity index (χ1) is 5.85. The van der Waals surface area contributed by atoms with Crippen molar-refractivity contribution >= 4 is 0 Å². The van der Waals surface area contributed by atoms with Crippen molar-refractivity contribution in [2.24, 2.45) is 0 Å². The Morgan fingerprint density at radius 1 is 1.25 bits per heavy atom. The summed E-state index contributed by atoms with van der Waals surface area (Å²) in [6, 6.07) is 0.663. The van der Waals surface area contributed by atoms with E-state index in [1.165, 1.54) is 25.7 Å². The number of hydrogen-bond acceptors (Lipinski definition) is 2.